The highest BCUT2D eigenvalue weighted by Gasteiger charge is 2.28. The average molecular weight is 257 g/mol. The lowest BCUT2D eigenvalue weighted by molar-refractivity contribution is 0.0338. The Balaban J connectivity index is 2.37. The third-order valence-electron chi connectivity index (χ3n) is 3.15. The number of nitrogens with zero attached hydrogens (tertiary/aromatic N) is 1. The van der Waals surface area contributed by atoms with E-state index in [1.807, 2.05) is 13.8 Å². The Bertz CT molecular complexity index is 416. The van der Waals surface area contributed by atoms with Gasteiger partial charge in [-0.2, -0.15) is 0 Å². The van der Waals surface area contributed by atoms with Crippen LogP contribution >= 0.6 is 0 Å². The first kappa shape index (κ1) is 13.2. The number of anilines is 1. The van der Waals surface area contributed by atoms with Crippen LogP contribution < -0.4 is 4.90 Å². The molecule has 2 unspecified atom stereocenters. The fourth-order valence-electron chi connectivity index (χ4n) is 2.20. The number of ether oxygens (including phenoxy) is 1. The molecule has 3 nitrogen and oxygen atoms in total. The SMILES string of the molecule is CC1CN(c2c(F)cc(CO)cc2F)C(C)CO1. The second-order valence-electron chi connectivity index (χ2n) is 4.71. The van der Waals surface area contributed by atoms with E-state index in [2.05, 4.69) is 0 Å². The smallest absolute Gasteiger partial charge is 0.149 e. The largest absolute Gasteiger partial charge is 0.392 e. The van der Waals surface area contributed by atoms with Gasteiger partial charge in [-0.3, -0.25) is 0 Å². The lowest BCUT2D eigenvalue weighted by Crippen LogP contribution is -2.48. The Morgan fingerprint density at radius 1 is 1.33 bits per heavy atom. The number of rotatable bonds is 2. The minimum atomic E-state index is -0.639. The summed E-state index contributed by atoms with van der Waals surface area (Å²) in [6.07, 6.45) is -0.0579. The molecule has 1 aliphatic rings. The van der Waals surface area contributed by atoms with Gasteiger partial charge in [0.15, 0.2) is 0 Å². The van der Waals surface area contributed by atoms with Crippen molar-refractivity contribution in [3.05, 3.63) is 29.3 Å². The maximum absolute atomic E-state index is 13.9. The fourth-order valence-corrected chi connectivity index (χ4v) is 2.20. The summed E-state index contributed by atoms with van der Waals surface area (Å²) in [6, 6.07) is 2.27. The third-order valence-corrected chi connectivity index (χ3v) is 3.15. The molecular weight excluding hydrogens is 240 g/mol. The van der Waals surface area contributed by atoms with E-state index in [1.165, 1.54) is 12.1 Å². The molecule has 0 spiro atoms. The average Bonchev–Trinajstić information content (AvgIpc) is 2.32. The van der Waals surface area contributed by atoms with E-state index in [1.54, 1.807) is 4.90 Å². The fraction of sp³-hybridized carbons (Fsp3) is 0.538. The van der Waals surface area contributed by atoms with Crippen LogP contribution in [0.25, 0.3) is 0 Å². The molecule has 2 rings (SSSR count). The van der Waals surface area contributed by atoms with Crippen LogP contribution in [0.2, 0.25) is 0 Å². The number of aliphatic hydroxyl groups excluding tert-OH is 1. The summed E-state index contributed by atoms with van der Waals surface area (Å²) in [6.45, 7) is 4.26. The van der Waals surface area contributed by atoms with Gasteiger partial charge in [-0.1, -0.05) is 0 Å². The van der Waals surface area contributed by atoms with Gasteiger partial charge in [0.1, 0.15) is 17.3 Å². The van der Waals surface area contributed by atoms with E-state index in [0.29, 0.717) is 13.2 Å². The minimum absolute atomic E-state index is 0.0325. The van der Waals surface area contributed by atoms with Crippen LogP contribution in [0, 0.1) is 11.6 Å². The zero-order valence-corrected chi connectivity index (χ0v) is 10.5. The van der Waals surface area contributed by atoms with E-state index in [4.69, 9.17) is 9.84 Å². The summed E-state index contributed by atoms with van der Waals surface area (Å²) in [7, 11) is 0. The zero-order valence-electron chi connectivity index (χ0n) is 10.5. The molecule has 2 atom stereocenters. The van der Waals surface area contributed by atoms with Crippen molar-refractivity contribution in [2.45, 2.75) is 32.6 Å². The zero-order chi connectivity index (χ0) is 13.3. The van der Waals surface area contributed by atoms with Crippen LogP contribution in [-0.2, 0) is 11.3 Å². The molecule has 100 valence electrons. The van der Waals surface area contributed by atoms with Gasteiger partial charge >= 0.3 is 0 Å². The monoisotopic (exact) mass is 257 g/mol. The molecule has 5 heteroatoms. The Labute approximate surface area is 105 Å². The standard InChI is InChI=1S/C13H17F2NO2/c1-8-7-18-9(2)5-16(8)13-11(14)3-10(6-17)4-12(13)15/h3-4,8-9,17H,5-7H2,1-2H3. The molecule has 0 amide bonds. The van der Waals surface area contributed by atoms with Crippen LogP contribution in [0.1, 0.15) is 19.4 Å². The summed E-state index contributed by atoms with van der Waals surface area (Å²) < 4.78 is 33.3. The van der Waals surface area contributed by atoms with E-state index in [-0.39, 0.29) is 30.0 Å². The van der Waals surface area contributed by atoms with Crippen LogP contribution in [0.15, 0.2) is 12.1 Å². The summed E-state index contributed by atoms with van der Waals surface area (Å²) >= 11 is 0. The molecule has 0 saturated carbocycles. The molecule has 0 aliphatic carbocycles. The number of halogens is 2. The number of benzene rings is 1. The Morgan fingerprint density at radius 2 is 1.94 bits per heavy atom. The minimum Gasteiger partial charge on any atom is -0.392 e. The van der Waals surface area contributed by atoms with E-state index >= 15 is 0 Å². The summed E-state index contributed by atoms with van der Waals surface area (Å²) in [4.78, 5) is 1.68. The molecule has 1 fully saturated rings. The molecule has 0 bridgehead atoms. The Morgan fingerprint density at radius 3 is 2.50 bits per heavy atom. The highest BCUT2D eigenvalue weighted by atomic mass is 19.1. The van der Waals surface area contributed by atoms with Gasteiger partial charge in [-0.25, -0.2) is 8.78 Å². The quantitative estimate of drug-likeness (QED) is 0.880. The van der Waals surface area contributed by atoms with E-state index in [9.17, 15) is 8.78 Å². The molecule has 1 aromatic rings. The van der Waals surface area contributed by atoms with Gasteiger partial charge in [-0.15, -0.1) is 0 Å². The van der Waals surface area contributed by atoms with Crippen molar-refractivity contribution in [2.75, 3.05) is 18.1 Å². The van der Waals surface area contributed by atoms with Crippen LogP contribution in [0.5, 0.6) is 0 Å². The van der Waals surface area contributed by atoms with Crippen molar-refractivity contribution in [2.24, 2.45) is 0 Å². The second-order valence-corrected chi connectivity index (χ2v) is 4.71. The van der Waals surface area contributed by atoms with Crippen molar-refractivity contribution in [3.8, 4) is 0 Å². The van der Waals surface area contributed by atoms with Gasteiger partial charge in [0.2, 0.25) is 0 Å². The third kappa shape index (κ3) is 2.47. The first-order chi connectivity index (χ1) is 8.52. The number of hydrogen-bond acceptors (Lipinski definition) is 3. The van der Waals surface area contributed by atoms with Crippen molar-refractivity contribution in [3.63, 3.8) is 0 Å². The molecule has 1 saturated heterocycles. The molecule has 0 radical (unpaired) electrons. The number of hydrogen-bond donors (Lipinski definition) is 1. The maximum atomic E-state index is 13.9. The van der Waals surface area contributed by atoms with Gasteiger partial charge in [0.05, 0.1) is 19.3 Å². The Kier molecular flexibility index (Phi) is 3.82. The molecule has 1 aliphatic heterocycles. The predicted octanol–water partition coefficient (Wildman–Crippen LogP) is 2.07. The van der Waals surface area contributed by atoms with Gasteiger partial charge in [0.25, 0.3) is 0 Å². The van der Waals surface area contributed by atoms with Crippen molar-refractivity contribution in [1.29, 1.82) is 0 Å². The topological polar surface area (TPSA) is 32.7 Å². The van der Waals surface area contributed by atoms with Crippen molar-refractivity contribution >= 4 is 5.69 Å². The molecule has 1 N–H and O–H groups in total. The lowest BCUT2D eigenvalue weighted by atomic mass is 10.1. The van der Waals surface area contributed by atoms with Crippen LogP contribution in [-0.4, -0.2) is 30.4 Å². The normalized spacial score (nSPS) is 24.4. The number of aliphatic hydroxyl groups is 1. The van der Waals surface area contributed by atoms with Crippen molar-refractivity contribution < 1.29 is 18.6 Å². The van der Waals surface area contributed by atoms with Gasteiger partial charge < -0.3 is 14.7 Å². The highest BCUT2D eigenvalue weighted by Crippen LogP contribution is 2.29. The lowest BCUT2D eigenvalue weighted by Gasteiger charge is -2.38. The van der Waals surface area contributed by atoms with Crippen molar-refractivity contribution in [1.82, 2.24) is 0 Å². The second kappa shape index (κ2) is 5.20. The first-order valence-corrected chi connectivity index (χ1v) is 6.00. The summed E-state index contributed by atoms with van der Waals surface area (Å²) in [5, 5.41) is 8.91. The Hall–Kier alpha value is -1.20. The molecule has 0 aromatic heterocycles. The summed E-state index contributed by atoms with van der Waals surface area (Å²) in [5.74, 6) is -1.28. The van der Waals surface area contributed by atoms with Gasteiger partial charge in [0, 0.05) is 12.6 Å². The maximum Gasteiger partial charge on any atom is 0.149 e. The first-order valence-electron chi connectivity index (χ1n) is 6.00. The van der Waals surface area contributed by atoms with Crippen LogP contribution in [0.4, 0.5) is 14.5 Å². The molecule has 1 heterocycles. The molecular formula is C13H17F2NO2. The highest BCUT2D eigenvalue weighted by molar-refractivity contribution is 5.52. The molecule has 1 aromatic carbocycles. The number of morpholine rings is 1. The predicted molar refractivity (Wildman–Crippen MR) is 64.5 cm³/mol. The van der Waals surface area contributed by atoms with E-state index < -0.39 is 11.6 Å². The summed E-state index contributed by atoms with van der Waals surface area (Å²) in [5.41, 5.74) is 0.206. The molecule has 18 heavy (non-hydrogen) atoms. The van der Waals surface area contributed by atoms with Crippen LogP contribution in [0.3, 0.4) is 0 Å². The van der Waals surface area contributed by atoms with Gasteiger partial charge in [-0.05, 0) is 31.5 Å². The van der Waals surface area contributed by atoms with E-state index in [0.717, 1.165) is 0 Å².